The summed E-state index contributed by atoms with van der Waals surface area (Å²) in [5.41, 5.74) is 2.16. The molecule has 4 rings (SSSR count). The first kappa shape index (κ1) is 30.1. The number of benzene rings is 1. The first-order valence-corrected chi connectivity index (χ1v) is 10.7. The van der Waals surface area contributed by atoms with Gasteiger partial charge in [0.15, 0.2) is 11.5 Å². The lowest BCUT2D eigenvalue weighted by molar-refractivity contribution is -0.193. The number of aromatic nitrogens is 3. The summed E-state index contributed by atoms with van der Waals surface area (Å²) in [6.07, 6.45) is -2.62. The summed E-state index contributed by atoms with van der Waals surface area (Å²) in [6, 6.07) is 8.24. The molecule has 0 amide bonds. The smallest absolute Gasteiger partial charge is 0.490 e. The fourth-order valence-electron chi connectivity index (χ4n) is 3.26. The third-order valence-electron chi connectivity index (χ3n) is 5.04. The van der Waals surface area contributed by atoms with Crippen LogP contribution in [0.15, 0.2) is 49.1 Å². The van der Waals surface area contributed by atoms with Gasteiger partial charge in [0, 0.05) is 63.1 Å². The van der Waals surface area contributed by atoms with E-state index >= 15 is 0 Å². The van der Waals surface area contributed by atoms with E-state index in [1.54, 1.807) is 7.11 Å². The van der Waals surface area contributed by atoms with Crippen molar-refractivity contribution in [3.63, 3.8) is 0 Å². The number of imidazole rings is 1. The summed E-state index contributed by atoms with van der Waals surface area (Å²) in [5, 5.41) is 14.2. The first-order chi connectivity index (χ1) is 17.7. The number of carboxylic acid groups (broad SMARTS) is 2. The largest absolute Gasteiger partial charge is 0.496 e. The van der Waals surface area contributed by atoms with Crippen LogP contribution in [0.2, 0.25) is 0 Å². The van der Waals surface area contributed by atoms with Crippen LogP contribution in [-0.2, 0) is 16.1 Å². The molecule has 0 radical (unpaired) electrons. The Morgan fingerprint density at radius 1 is 0.895 bits per heavy atom. The molecule has 1 aliphatic rings. The Labute approximate surface area is 211 Å². The predicted molar refractivity (Wildman–Crippen MR) is 121 cm³/mol. The molecule has 0 aliphatic carbocycles. The Morgan fingerprint density at radius 2 is 1.39 bits per heavy atom. The SMILES string of the molecule is COc1ccccc1CN1CCN(c2nccn3ccnc23)CC1.O=C(O)C(F)(F)F.O=C(O)C(F)(F)F. The van der Waals surface area contributed by atoms with Crippen LogP contribution in [0, 0.1) is 0 Å². The number of methoxy groups -OCH3 is 1. The highest BCUT2D eigenvalue weighted by Gasteiger charge is 2.38. The van der Waals surface area contributed by atoms with Crippen molar-refractivity contribution in [1.29, 1.82) is 0 Å². The van der Waals surface area contributed by atoms with Crippen LogP contribution in [0.5, 0.6) is 5.75 Å². The van der Waals surface area contributed by atoms with Gasteiger partial charge in [-0.3, -0.25) is 4.90 Å². The zero-order valence-electron chi connectivity index (χ0n) is 19.8. The molecule has 0 spiro atoms. The van der Waals surface area contributed by atoms with Crippen molar-refractivity contribution >= 4 is 23.4 Å². The fourth-order valence-corrected chi connectivity index (χ4v) is 3.26. The number of piperazine rings is 1. The number of aliphatic carboxylic acids is 2. The van der Waals surface area contributed by atoms with E-state index in [1.807, 2.05) is 41.3 Å². The molecule has 0 bridgehead atoms. The maximum absolute atomic E-state index is 10.6. The molecule has 3 aromatic rings. The molecule has 0 unspecified atom stereocenters. The van der Waals surface area contributed by atoms with Crippen LogP contribution in [0.4, 0.5) is 32.2 Å². The van der Waals surface area contributed by atoms with Gasteiger partial charge in [-0.1, -0.05) is 18.2 Å². The van der Waals surface area contributed by atoms with E-state index < -0.39 is 24.3 Å². The number of carboxylic acids is 2. The third-order valence-corrected chi connectivity index (χ3v) is 5.04. The van der Waals surface area contributed by atoms with E-state index in [0.717, 1.165) is 49.9 Å². The van der Waals surface area contributed by atoms with Gasteiger partial charge in [-0.25, -0.2) is 19.6 Å². The van der Waals surface area contributed by atoms with Gasteiger partial charge in [-0.2, -0.15) is 26.3 Å². The Hall–Kier alpha value is -4.08. The maximum atomic E-state index is 10.6. The van der Waals surface area contributed by atoms with Crippen LogP contribution >= 0.6 is 0 Å². The van der Waals surface area contributed by atoms with Crippen LogP contribution < -0.4 is 9.64 Å². The normalized spacial score (nSPS) is 14.1. The molecule has 16 heteroatoms. The van der Waals surface area contributed by atoms with Gasteiger partial charge >= 0.3 is 24.3 Å². The molecule has 0 atom stereocenters. The number of anilines is 1. The number of alkyl halides is 6. The number of carbonyl (C=O) groups is 2. The number of fused-ring (bicyclic) bond motifs is 1. The molecule has 1 aliphatic heterocycles. The predicted octanol–water partition coefficient (Wildman–Crippen LogP) is 3.33. The highest BCUT2D eigenvalue weighted by Crippen LogP contribution is 2.22. The summed E-state index contributed by atoms with van der Waals surface area (Å²) < 4.78 is 70.9. The van der Waals surface area contributed by atoms with Gasteiger partial charge in [0.1, 0.15) is 5.75 Å². The van der Waals surface area contributed by atoms with Crippen molar-refractivity contribution in [3.8, 4) is 5.75 Å². The Kier molecular flexibility index (Phi) is 10.3. The fraction of sp³-hybridized carbons (Fsp3) is 0.364. The molecule has 38 heavy (non-hydrogen) atoms. The van der Waals surface area contributed by atoms with E-state index in [2.05, 4.69) is 31.9 Å². The molecule has 1 saturated heterocycles. The number of hydrogen-bond donors (Lipinski definition) is 2. The van der Waals surface area contributed by atoms with E-state index in [9.17, 15) is 26.3 Å². The lowest BCUT2D eigenvalue weighted by Gasteiger charge is -2.35. The Morgan fingerprint density at radius 3 is 1.89 bits per heavy atom. The zero-order chi connectivity index (χ0) is 28.5. The summed E-state index contributed by atoms with van der Waals surface area (Å²) in [7, 11) is 1.73. The summed E-state index contributed by atoms with van der Waals surface area (Å²) in [4.78, 5) is 31.5. The van der Waals surface area contributed by atoms with Crippen molar-refractivity contribution in [2.45, 2.75) is 18.9 Å². The van der Waals surface area contributed by atoms with Crippen molar-refractivity contribution in [2.75, 3.05) is 38.2 Å². The Balaban J connectivity index is 0.000000301. The van der Waals surface area contributed by atoms with Gasteiger partial charge in [-0.05, 0) is 6.07 Å². The second-order valence-corrected chi connectivity index (χ2v) is 7.59. The highest BCUT2D eigenvalue weighted by atomic mass is 19.4. The first-order valence-electron chi connectivity index (χ1n) is 10.7. The summed E-state index contributed by atoms with van der Waals surface area (Å²) in [6.45, 7) is 4.82. The van der Waals surface area contributed by atoms with Gasteiger partial charge in [0.25, 0.3) is 0 Å². The molecule has 10 nitrogen and oxygen atoms in total. The molecule has 2 N–H and O–H groups in total. The molecular weight excluding hydrogens is 528 g/mol. The molecule has 1 aromatic carbocycles. The highest BCUT2D eigenvalue weighted by molar-refractivity contribution is 5.73. The zero-order valence-corrected chi connectivity index (χ0v) is 19.8. The summed E-state index contributed by atoms with van der Waals surface area (Å²) >= 11 is 0. The quantitative estimate of drug-likeness (QED) is 0.471. The third kappa shape index (κ3) is 8.79. The van der Waals surface area contributed by atoms with E-state index in [4.69, 9.17) is 24.5 Å². The minimum Gasteiger partial charge on any atom is -0.496 e. The number of halogens is 6. The van der Waals surface area contributed by atoms with E-state index in [0.29, 0.717) is 0 Å². The second kappa shape index (κ2) is 12.9. The second-order valence-electron chi connectivity index (χ2n) is 7.59. The van der Waals surface area contributed by atoms with Crippen LogP contribution in [0.25, 0.3) is 5.65 Å². The van der Waals surface area contributed by atoms with Crippen molar-refractivity contribution in [2.24, 2.45) is 0 Å². The Bertz CT molecular complexity index is 1190. The molecule has 208 valence electrons. The van der Waals surface area contributed by atoms with Gasteiger partial charge in [0.05, 0.1) is 7.11 Å². The number of para-hydroxylation sites is 1. The average molecular weight is 551 g/mol. The van der Waals surface area contributed by atoms with Crippen molar-refractivity contribution < 1.29 is 50.9 Å². The number of nitrogens with zero attached hydrogens (tertiary/aromatic N) is 5. The van der Waals surface area contributed by atoms with Crippen LogP contribution in [-0.4, -0.2) is 87.1 Å². The van der Waals surface area contributed by atoms with Gasteiger partial charge in [0.2, 0.25) is 0 Å². The van der Waals surface area contributed by atoms with E-state index in [1.165, 1.54) is 5.56 Å². The van der Waals surface area contributed by atoms with Crippen molar-refractivity contribution in [1.82, 2.24) is 19.3 Å². The lowest BCUT2D eigenvalue weighted by atomic mass is 10.1. The topological polar surface area (TPSA) is 121 Å². The maximum Gasteiger partial charge on any atom is 0.490 e. The number of rotatable bonds is 4. The molecule has 2 aromatic heterocycles. The van der Waals surface area contributed by atoms with Gasteiger partial charge in [-0.15, -0.1) is 0 Å². The van der Waals surface area contributed by atoms with Crippen LogP contribution in [0.3, 0.4) is 0 Å². The molecule has 3 heterocycles. The minimum atomic E-state index is -5.08. The summed E-state index contributed by atoms with van der Waals surface area (Å²) in [5.74, 6) is -3.58. The van der Waals surface area contributed by atoms with Gasteiger partial charge < -0.3 is 24.3 Å². The molecular formula is C22H23F6N5O5. The molecule has 0 saturated carbocycles. The lowest BCUT2D eigenvalue weighted by Crippen LogP contribution is -2.46. The average Bonchev–Trinajstić information content (AvgIpc) is 3.34. The molecule has 1 fully saturated rings. The standard InChI is InChI=1S/C18H21N5O.2C2HF3O2/c1-24-16-5-3-2-4-15(16)14-21-10-12-23(13-11-21)18-17-19-6-8-22(17)9-7-20-18;2*3-2(4,5)1(6)7/h2-9H,10-14H2,1H3;2*(H,6,7). The van der Waals surface area contributed by atoms with Crippen molar-refractivity contribution in [3.05, 3.63) is 54.6 Å². The minimum absolute atomic E-state index is 0.916. The number of hydrogen-bond acceptors (Lipinski definition) is 7. The van der Waals surface area contributed by atoms with Crippen LogP contribution in [0.1, 0.15) is 5.56 Å². The van der Waals surface area contributed by atoms with E-state index in [-0.39, 0.29) is 0 Å². The number of ether oxygens (including phenoxy) is 1. The monoisotopic (exact) mass is 551 g/mol.